The molecule has 0 saturated carbocycles. The lowest BCUT2D eigenvalue weighted by Crippen LogP contribution is -2.33. The second-order valence-corrected chi connectivity index (χ2v) is 7.06. The van der Waals surface area contributed by atoms with Gasteiger partial charge in [-0.3, -0.25) is 14.3 Å². The zero-order valence-corrected chi connectivity index (χ0v) is 15.5. The van der Waals surface area contributed by atoms with E-state index in [1.165, 1.54) is 10.8 Å². The van der Waals surface area contributed by atoms with Gasteiger partial charge in [-0.15, -0.1) is 0 Å². The van der Waals surface area contributed by atoms with Crippen LogP contribution in [0.25, 0.3) is 10.8 Å². The summed E-state index contributed by atoms with van der Waals surface area (Å²) in [5.41, 5.74) is 0.495. The summed E-state index contributed by atoms with van der Waals surface area (Å²) < 4.78 is 13.2. The summed E-state index contributed by atoms with van der Waals surface area (Å²) in [5, 5.41) is 12.0. The Morgan fingerprint density at radius 1 is 1.21 bits per heavy atom. The highest BCUT2D eigenvalue weighted by Crippen LogP contribution is 2.30. The van der Waals surface area contributed by atoms with Crippen LogP contribution in [0.2, 0.25) is 0 Å². The fourth-order valence-corrected chi connectivity index (χ4v) is 3.54. The van der Waals surface area contributed by atoms with Crippen LogP contribution in [-0.2, 0) is 16.1 Å². The van der Waals surface area contributed by atoms with Crippen molar-refractivity contribution in [1.82, 2.24) is 9.55 Å². The molecule has 4 rings (SSSR count). The summed E-state index contributed by atoms with van der Waals surface area (Å²) in [6, 6.07) is 14.2. The summed E-state index contributed by atoms with van der Waals surface area (Å²) in [7, 11) is 0. The van der Waals surface area contributed by atoms with Crippen molar-refractivity contribution in [3.8, 4) is 0 Å². The highest BCUT2D eigenvalue weighted by atomic mass is 16.6. The highest BCUT2D eigenvalue weighted by molar-refractivity contribution is 5.82. The molecule has 0 unspecified atom stereocenters. The van der Waals surface area contributed by atoms with E-state index in [0.29, 0.717) is 18.6 Å². The molecular formula is C21H22N2O5. The molecule has 7 heteroatoms. The molecule has 2 heterocycles. The number of nitrogens with one attached hydrogen (secondary N) is 1. The van der Waals surface area contributed by atoms with Crippen molar-refractivity contribution in [2.24, 2.45) is 0 Å². The van der Waals surface area contributed by atoms with Gasteiger partial charge >= 0.3 is 5.69 Å². The van der Waals surface area contributed by atoms with Gasteiger partial charge < -0.3 is 14.6 Å². The lowest BCUT2D eigenvalue weighted by Gasteiger charge is -2.16. The molecule has 1 aliphatic rings. The van der Waals surface area contributed by atoms with Gasteiger partial charge in [0, 0.05) is 18.2 Å². The zero-order chi connectivity index (χ0) is 19.7. The van der Waals surface area contributed by atoms with Gasteiger partial charge in [0.1, 0.15) is 12.3 Å². The van der Waals surface area contributed by atoms with E-state index >= 15 is 0 Å². The lowest BCUT2D eigenvalue weighted by atomic mass is 10.1. The molecular weight excluding hydrogens is 360 g/mol. The molecule has 3 aromatic rings. The summed E-state index contributed by atoms with van der Waals surface area (Å²) in [5.74, 6) is 0. The summed E-state index contributed by atoms with van der Waals surface area (Å²) in [4.78, 5) is 26.0. The Balaban J connectivity index is 1.49. The van der Waals surface area contributed by atoms with Crippen molar-refractivity contribution in [1.29, 1.82) is 0 Å². The molecule has 0 bridgehead atoms. The van der Waals surface area contributed by atoms with Crippen LogP contribution in [0.5, 0.6) is 0 Å². The van der Waals surface area contributed by atoms with E-state index in [-0.39, 0.29) is 12.7 Å². The molecule has 1 aliphatic heterocycles. The van der Waals surface area contributed by atoms with Gasteiger partial charge in [-0.1, -0.05) is 36.4 Å². The number of fused-ring (bicyclic) bond motifs is 1. The summed E-state index contributed by atoms with van der Waals surface area (Å²) in [6.07, 6.45) is 0.392. The topological polar surface area (TPSA) is 93.6 Å². The average molecular weight is 382 g/mol. The number of rotatable bonds is 5. The second kappa shape index (κ2) is 7.71. The maximum Gasteiger partial charge on any atom is 0.330 e. The maximum atomic E-state index is 12.1. The molecule has 1 fully saturated rings. The Labute approximate surface area is 161 Å². The number of aliphatic hydroxyl groups excluding tert-OH is 1. The van der Waals surface area contributed by atoms with Crippen molar-refractivity contribution < 1.29 is 14.6 Å². The second-order valence-electron chi connectivity index (χ2n) is 7.06. The van der Waals surface area contributed by atoms with Crippen LogP contribution in [0.1, 0.15) is 23.8 Å². The number of H-pyrrole nitrogens is 1. The highest BCUT2D eigenvalue weighted by Gasteiger charge is 2.37. The third-order valence-corrected chi connectivity index (χ3v) is 5.09. The van der Waals surface area contributed by atoms with Gasteiger partial charge in [0.15, 0.2) is 0 Å². The average Bonchev–Trinajstić information content (AvgIpc) is 3.12. The zero-order valence-electron chi connectivity index (χ0n) is 15.5. The molecule has 28 heavy (non-hydrogen) atoms. The van der Waals surface area contributed by atoms with Crippen LogP contribution in [-0.4, -0.2) is 33.5 Å². The SMILES string of the molecule is Cc1cn([C@H]2C[C@H](OCc3ccc4ccccc4c3)[C@@H](CO)O2)c(=O)[nH]c1=O. The number of aromatic amines is 1. The number of aromatic nitrogens is 2. The Morgan fingerprint density at radius 3 is 2.79 bits per heavy atom. The molecule has 1 saturated heterocycles. The van der Waals surface area contributed by atoms with E-state index in [4.69, 9.17) is 9.47 Å². The van der Waals surface area contributed by atoms with E-state index in [0.717, 1.165) is 16.3 Å². The Kier molecular flexibility index (Phi) is 5.13. The minimum atomic E-state index is -0.596. The molecule has 0 amide bonds. The number of aryl methyl sites for hydroxylation is 1. The first-order valence-corrected chi connectivity index (χ1v) is 9.23. The van der Waals surface area contributed by atoms with Crippen molar-refractivity contribution >= 4 is 10.8 Å². The van der Waals surface area contributed by atoms with Crippen LogP contribution in [0.3, 0.4) is 0 Å². The van der Waals surface area contributed by atoms with Gasteiger partial charge in [0.25, 0.3) is 5.56 Å². The van der Waals surface area contributed by atoms with Gasteiger partial charge in [0.05, 0.1) is 19.3 Å². The molecule has 1 aromatic heterocycles. The number of hydrogen-bond donors (Lipinski definition) is 2. The van der Waals surface area contributed by atoms with Crippen LogP contribution >= 0.6 is 0 Å². The normalized spacial score (nSPS) is 22.0. The van der Waals surface area contributed by atoms with Gasteiger partial charge in [0.2, 0.25) is 0 Å². The molecule has 7 nitrogen and oxygen atoms in total. The van der Waals surface area contributed by atoms with Crippen molar-refractivity contribution in [2.75, 3.05) is 6.61 Å². The van der Waals surface area contributed by atoms with Gasteiger partial charge in [-0.05, 0) is 29.3 Å². The summed E-state index contributed by atoms with van der Waals surface area (Å²) in [6.45, 7) is 1.79. The van der Waals surface area contributed by atoms with E-state index in [1.807, 2.05) is 24.3 Å². The molecule has 146 valence electrons. The molecule has 0 spiro atoms. The lowest BCUT2D eigenvalue weighted by molar-refractivity contribution is -0.0658. The first-order valence-electron chi connectivity index (χ1n) is 9.23. The smallest absolute Gasteiger partial charge is 0.330 e. The van der Waals surface area contributed by atoms with Crippen molar-refractivity contribution in [2.45, 2.75) is 38.4 Å². The number of ether oxygens (including phenoxy) is 2. The number of benzene rings is 2. The van der Waals surface area contributed by atoms with Crippen molar-refractivity contribution in [3.05, 3.63) is 80.6 Å². The van der Waals surface area contributed by atoms with Crippen molar-refractivity contribution in [3.63, 3.8) is 0 Å². The van der Waals surface area contributed by atoms with Crippen LogP contribution in [0.15, 0.2) is 58.3 Å². The van der Waals surface area contributed by atoms with E-state index < -0.39 is 23.6 Å². The quantitative estimate of drug-likeness (QED) is 0.703. The minimum Gasteiger partial charge on any atom is -0.394 e. The molecule has 2 N–H and O–H groups in total. The predicted molar refractivity (Wildman–Crippen MR) is 104 cm³/mol. The molecule has 0 aliphatic carbocycles. The fourth-order valence-electron chi connectivity index (χ4n) is 3.54. The van der Waals surface area contributed by atoms with E-state index in [1.54, 1.807) is 6.92 Å². The first kappa shape index (κ1) is 18.6. The number of hydrogen-bond acceptors (Lipinski definition) is 5. The third-order valence-electron chi connectivity index (χ3n) is 5.09. The number of nitrogens with zero attached hydrogens (tertiary/aromatic N) is 1. The van der Waals surface area contributed by atoms with E-state index in [2.05, 4.69) is 23.2 Å². The standard InChI is InChI=1S/C21H22N2O5/c1-13-10-23(21(26)22-20(13)25)19-9-17(18(11-24)28-19)27-12-14-6-7-15-4-2-3-5-16(15)8-14/h2-8,10,17-19,24H,9,11-12H2,1H3,(H,22,25,26)/t17-,18+,19+/m0/s1. The minimum absolute atomic E-state index is 0.212. The van der Waals surface area contributed by atoms with Crippen LogP contribution < -0.4 is 11.2 Å². The largest absolute Gasteiger partial charge is 0.394 e. The van der Waals surface area contributed by atoms with E-state index in [9.17, 15) is 14.7 Å². The van der Waals surface area contributed by atoms with Crippen LogP contribution in [0.4, 0.5) is 0 Å². The monoisotopic (exact) mass is 382 g/mol. The Bertz CT molecular complexity index is 1100. The predicted octanol–water partition coefficient (Wildman–Crippen LogP) is 1.86. The fraction of sp³-hybridized carbons (Fsp3) is 0.333. The van der Waals surface area contributed by atoms with Crippen LogP contribution in [0, 0.1) is 6.92 Å². The third kappa shape index (κ3) is 3.64. The number of aliphatic hydroxyl groups is 1. The van der Waals surface area contributed by atoms with Gasteiger partial charge in [-0.2, -0.15) is 0 Å². The summed E-state index contributed by atoms with van der Waals surface area (Å²) >= 11 is 0. The Morgan fingerprint density at radius 2 is 2.00 bits per heavy atom. The molecule has 3 atom stereocenters. The molecule has 0 radical (unpaired) electrons. The maximum absolute atomic E-state index is 12.1. The molecule has 2 aromatic carbocycles. The van der Waals surface area contributed by atoms with Gasteiger partial charge in [-0.25, -0.2) is 4.79 Å². The first-order chi connectivity index (χ1) is 13.5. The Hall–Kier alpha value is -2.74.